The van der Waals surface area contributed by atoms with Crippen LogP contribution >= 0.6 is 11.6 Å². The standard InChI is InChI=1S/C13H9ClF4N2O/c14-9-4-8(13(16,17)18)6-20-12(9)21-11-2-1-7(5-19)3-10(11)15/h1-4,6H,5,19H2. The summed E-state index contributed by atoms with van der Waals surface area (Å²) in [5.74, 6) is -1.24. The number of rotatable bonds is 3. The Bertz CT molecular complexity index is 661. The Morgan fingerprint density at radius 3 is 2.48 bits per heavy atom. The number of aromatic nitrogens is 1. The highest BCUT2D eigenvalue weighted by Crippen LogP contribution is 2.35. The van der Waals surface area contributed by atoms with Crippen molar-refractivity contribution in [1.82, 2.24) is 4.98 Å². The third-order valence-electron chi connectivity index (χ3n) is 2.57. The van der Waals surface area contributed by atoms with Crippen molar-refractivity contribution in [3.05, 3.63) is 52.4 Å². The van der Waals surface area contributed by atoms with Crippen LogP contribution < -0.4 is 10.5 Å². The highest BCUT2D eigenvalue weighted by molar-refractivity contribution is 6.31. The van der Waals surface area contributed by atoms with E-state index in [-0.39, 0.29) is 23.2 Å². The first kappa shape index (κ1) is 15.5. The highest BCUT2D eigenvalue weighted by Gasteiger charge is 2.31. The van der Waals surface area contributed by atoms with E-state index >= 15 is 0 Å². The van der Waals surface area contributed by atoms with E-state index in [1.54, 1.807) is 0 Å². The lowest BCUT2D eigenvalue weighted by molar-refractivity contribution is -0.137. The highest BCUT2D eigenvalue weighted by atomic mass is 35.5. The topological polar surface area (TPSA) is 48.1 Å². The van der Waals surface area contributed by atoms with Crippen molar-refractivity contribution in [2.45, 2.75) is 12.7 Å². The van der Waals surface area contributed by atoms with Crippen molar-refractivity contribution in [1.29, 1.82) is 0 Å². The molecule has 1 heterocycles. The fraction of sp³-hybridized carbons (Fsp3) is 0.154. The van der Waals surface area contributed by atoms with E-state index in [2.05, 4.69) is 4.98 Å². The summed E-state index contributed by atoms with van der Waals surface area (Å²) in [6.45, 7) is 0.149. The molecule has 0 radical (unpaired) electrons. The lowest BCUT2D eigenvalue weighted by Gasteiger charge is -2.11. The smallest absolute Gasteiger partial charge is 0.417 e. The largest absolute Gasteiger partial charge is 0.434 e. The minimum absolute atomic E-state index is 0.149. The number of hydrogen-bond donors (Lipinski definition) is 1. The SMILES string of the molecule is NCc1ccc(Oc2ncc(C(F)(F)F)cc2Cl)c(F)c1. The minimum Gasteiger partial charge on any atom is -0.434 e. The van der Waals surface area contributed by atoms with Gasteiger partial charge in [-0.3, -0.25) is 0 Å². The maximum absolute atomic E-state index is 13.7. The second-order valence-corrected chi connectivity index (χ2v) is 4.49. The van der Waals surface area contributed by atoms with Gasteiger partial charge in [-0.1, -0.05) is 17.7 Å². The predicted octanol–water partition coefficient (Wildman–Crippen LogP) is 4.14. The normalized spacial score (nSPS) is 11.5. The number of alkyl halides is 3. The number of benzene rings is 1. The van der Waals surface area contributed by atoms with Gasteiger partial charge in [0.25, 0.3) is 0 Å². The van der Waals surface area contributed by atoms with Gasteiger partial charge in [-0.25, -0.2) is 9.37 Å². The molecule has 3 nitrogen and oxygen atoms in total. The average molecular weight is 321 g/mol. The van der Waals surface area contributed by atoms with E-state index in [0.29, 0.717) is 17.8 Å². The van der Waals surface area contributed by atoms with Gasteiger partial charge < -0.3 is 10.5 Å². The van der Waals surface area contributed by atoms with E-state index in [1.165, 1.54) is 12.1 Å². The number of hydrogen-bond acceptors (Lipinski definition) is 3. The average Bonchev–Trinajstić information content (AvgIpc) is 2.41. The molecule has 0 aliphatic carbocycles. The van der Waals surface area contributed by atoms with E-state index < -0.39 is 17.6 Å². The van der Waals surface area contributed by atoms with Crippen LogP contribution in [0.3, 0.4) is 0 Å². The molecule has 112 valence electrons. The zero-order valence-electron chi connectivity index (χ0n) is 10.4. The van der Waals surface area contributed by atoms with Gasteiger partial charge in [0.05, 0.1) is 5.56 Å². The van der Waals surface area contributed by atoms with Gasteiger partial charge in [0.2, 0.25) is 5.88 Å². The Morgan fingerprint density at radius 1 is 1.24 bits per heavy atom. The van der Waals surface area contributed by atoms with Gasteiger partial charge in [0, 0.05) is 12.7 Å². The van der Waals surface area contributed by atoms with Gasteiger partial charge in [0.15, 0.2) is 11.6 Å². The summed E-state index contributed by atoms with van der Waals surface area (Å²) in [7, 11) is 0. The van der Waals surface area contributed by atoms with E-state index in [0.717, 1.165) is 6.07 Å². The lowest BCUT2D eigenvalue weighted by atomic mass is 10.2. The molecule has 0 saturated heterocycles. The molecule has 2 rings (SSSR count). The van der Waals surface area contributed by atoms with Gasteiger partial charge in [-0.2, -0.15) is 13.2 Å². The van der Waals surface area contributed by atoms with Crippen molar-refractivity contribution in [2.24, 2.45) is 5.73 Å². The second-order valence-electron chi connectivity index (χ2n) is 4.08. The maximum Gasteiger partial charge on any atom is 0.417 e. The second kappa shape index (κ2) is 5.87. The molecule has 0 spiro atoms. The lowest BCUT2D eigenvalue weighted by Crippen LogP contribution is -2.06. The van der Waals surface area contributed by atoms with Crippen LogP contribution in [0.2, 0.25) is 5.02 Å². The molecule has 0 fully saturated rings. The van der Waals surface area contributed by atoms with Crippen LogP contribution in [0.1, 0.15) is 11.1 Å². The number of halogens is 5. The molecular formula is C13H9ClF4N2O. The monoisotopic (exact) mass is 320 g/mol. The molecule has 0 amide bonds. The summed E-state index contributed by atoms with van der Waals surface area (Å²) in [4.78, 5) is 3.46. The van der Waals surface area contributed by atoms with Crippen molar-refractivity contribution in [3.8, 4) is 11.6 Å². The zero-order chi connectivity index (χ0) is 15.6. The first-order valence-electron chi connectivity index (χ1n) is 5.70. The van der Waals surface area contributed by atoms with E-state index in [4.69, 9.17) is 22.1 Å². The third-order valence-corrected chi connectivity index (χ3v) is 2.84. The molecule has 0 saturated carbocycles. The quantitative estimate of drug-likeness (QED) is 0.864. The summed E-state index contributed by atoms with van der Waals surface area (Å²) in [6, 6.07) is 4.65. The van der Waals surface area contributed by atoms with Crippen molar-refractivity contribution in [2.75, 3.05) is 0 Å². The molecular weight excluding hydrogens is 312 g/mol. The fourth-order valence-corrected chi connectivity index (χ4v) is 1.72. The Hall–Kier alpha value is -1.86. The first-order valence-corrected chi connectivity index (χ1v) is 6.08. The summed E-state index contributed by atoms with van der Waals surface area (Å²) in [6.07, 6.45) is -4.00. The molecule has 0 aliphatic rings. The van der Waals surface area contributed by atoms with E-state index in [9.17, 15) is 17.6 Å². The summed E-state index contributed by atoms with van der Waals surface area (Å²) < 4.78 is 56.2. The Morgan fingerprint density at radius 2 is 1.95 bits per heavy atom. The summed E-state index contributed by atoms with van der Waals surface area (Å²) in [5.41, 5.74) is 4.89. The Kier molecular flexibility index (Phi) is 4.34. The van der Waals surface area contributed by atoms with Crippen LogP contribution in [-0.2, 0) is 12.7 Å². The summed E-state index contributed by atoms with van der Waals surface area (Å²) in [5, 5.41) is -0.368. The molecule has 1 aromatic heterocycles. The Labute approximate surface area is 122 Å². The predicted molar refractivity (Wildman–Crippen MR) is 68.6 cm³/mol. The van der Waals surface area contributed by atoms with Crippen LogP contribution in [0.25, 0.3) is 0 Å². The van der Waals surface area contributed by atoms with E-state index in [1.807, 2.05) is 0 Å². The fourth-order valence-electron chi connectivity index (χ4n) is 1.51. The molecule has 1 aromatic carbocycles. The number of pyridine rings is 1. The minimum atomic E-state index is -4.57. The van der Waals surface area contributed by atoms with Gasteiger partial charge in [-0.05, 0) is 23.8 Å². The zero-order valence-corrected chi connectivity index (χ0v) is 11.2. The Balaban J connectivity index is 2.28. The molecule has 0 aliphatic heterocycles. The number of nitrogens with two attached hydrogens (primary N) is 1. The molecule has 0 atom stereocenters. The van der Waals surface area contributed by atoms with Crippen molar-refractivity contribution < 1.29 is 22.3 Å². The summed E-state index contributed by atoms with van der Waals surface area (Å²) >= 11 is 5.67. The van der Waals surface area contributed by atoms with Gasteiger partial charge >= 0.3 is 6.18 Å². The maximum atomic E-state index is 13.7. The molecule has 0 bridgehead atoms. The van der Waals surface area contributed by atoms with Crippen LogP contribution in [0.15, 0.2) is 30.5 Å². The van der Waals surface area contributed by atoms with Crippen LogP contribution in [0.4, 0.5) is 17.6 Å². The molecule has 8 heteroatoms. The van der Waals surface area contributed by atoms with Crippen LogP contribution in [0, 0.1) is 5.82 Å². The van der Waals surface area contributed by atoms with Crippen LogP contribution in [0.5, 0.6) is 11.6 Å². The van der Waals surface area contributed by atoms with Crippen LogP contribution in [-0.4, -0.2) is 4.98 Å². The van der Waals surface area contributed by atoms with Gasteiger partial charge in [0.1, 0.15) is 5.02 Å². The molecule has 2 aromatic rings. The van der Waals surface area contributed by atoms with Crippen molar-refractivity contribution in [3.63, 3.8) is 0 Å². The third kappa shape index (κ3) is 3.62. The first-order chi connectivity index (χ1) is 9.81. The van der Waals surface area contributed by atoms with Crippen molar-refractivity contribution >= 4 is 11.6 Å². The molecule has 21 heavy (non-hydrogen) atoms. The molecule has 2 N–H and O–H groups in total. The number of ether oxygens (including phenoxy) is 1. The number of nitrogens with zero attached hydrogens (tertiary/aromatic N) is 1. The van der Waals surface area contributed by atoms with Gasteiger partial charge in [-0.15, -0.1) is 0 Å². The molecule has 0 unspecified atom stereocenters.